The lowest BCUT2D eigenvalue weighted by molar-refractivity contribution is -0.121. The third-order valence-corrected chi connectivity index (χ3v) is 5.10. The fourth-order valence-electron chi connectivity index (χ4n) is 3.19. The Morgan fingerprint density at radius 3 is 2.47 bits per heavy atom. The summed E-state index contributed by atoms with van der Waals surface area (Å²) in [6, 6.07) is 13.9. The highest BCUT2D eigenvalue weighted by Gasteiger charge is 2.09. The van der Waals surface area contributed by atoms with E-state index in [2.05, 4.69) is 60.6 Å². The Balaban J connectivity index is 1.73. The normalized spacial score (nSPS) is 11.6. The lowest BCUT2D eigenvalue weighted by Gasteiger charge is -2.21. The molecule has 7 nitrogen and oxygen atoms in total. The number of aromatic hydroxyl groups is 1. The molecule has 0 bridgehead atoms. The number of nitrogens with zero attached hydrogens (tertiary/aromatic N) is 3. The van der Waals surface area contributed by atoms with E-state index >= 15 is 0 Å². The molecule has 1 amide bonds. The van der Waals surface area contributed by atoms with Crippen molar-refractivity contribution < 1.29 is 14.6 Å². The molecule has 0 aliphatic rings. The number of phenolic OH excluding ortho intramolecular Hbond substituents is 1. The van der Waals surface area contributed by atoms with Crippen LogP contribution in [-0.4, -0.2) is 67.4 Å². The van der Waals surface area contributed by atoms with E-state index in [1.54, 1.807) is 18.2 Å². The van der Waals surface area contributed by atoms with Gasteiger partial charge in [-0.25, -0.2) is 5.43 Å². The zero-order valence-electron chi connectivity index (χ0n) is 19.8. The number of carbonyl (C=O) groups is 1. The monoisotopic (exact) mass is 440 g/mol. The Kier molecular flexibility index (Phi) is 10.2. The van der Waals surface area contributed by atoms with Crippen LogP contribution < -0.4 is 10.2 Å². The second kappa shape index (κ2) is 12.8. The molecule has 0 aliphatic carbocycles. The minimum Gasteiger partial charge on any atom is -0.504 e. The summed E-state index contributed by atoms with van der Waals surface area (Å²) in [5, 5.41) is 14.1. The van der Waals surface area contributed by atoms with Crippen molar-refractivity contribution in [1.82, 2.24) is 15.2 Å². The first kappa shape index (κ1) is 25.4. The second-order valence-electron chi connectivity index (χ2n) is 8.29. The molecule has 0 saturated heterocycles. The number of rotatable bonds is 12. The number of hydrogen-bond donors (Lipinski definition) is 2. The molecule has 0 radical (unpaired) electrons. The van der Waals surface area contributed by atoms with Crippen LogP contribution in [-0.2, 0) is 11.3 Å². The fraction of sp³-hybridized carbons (Fsp3) is 0.440. The summed E-state index contributed by atoms with van der Waals surface area (Å²) in [4.78, 5) is 16.3. The summed E-state index contributed by atoms with van der Waals surface area (Å²) in [7, 11) is 3.99. The van der Waals surface area contributed by atoms with Gasteiger partial charge in [0, 0.05) is 25.2 Å². The predicted molar refractivity (Wildman–Crippen MR) is 129 cm³/mol. The van der Waals surface area contributed by atoms with E-state index in [0.29, 0.717) is 23.8 Å². The molecule has 0 aromatic heterocycles. The zero-order valence-corrected chi connectivity index (χ0v) is 19.8. The van der Waals surface area contributed by atoms with Crippen molar-refractivity contribution in [3.8, 4) is 11.5 Å². The highest BCUT2D eigenvalue weighted by Crippen LogP contribution is 2.28. The van der Waals surface area contributed by atoms with Crippen molar-refractivity contribution >= 4 is 12.1 Å². The number of nitrogens with one attached hydrogen (secondary N) is 1. The minimum atomic E-state index is -0.212. The number of hydrogen-bond acceptors (Lipinski definition) is 6. The average molecular weight is 441 g/mol. The van der Waals surface area contributed by atoms with Crippen molar-refractivity contribution in [1.29, 1.82) is 0 Å². The van der Waals surface area contributed by atoms with Gasteiger partial charge in [-0.1, -0.05) is 44.2 Å². The zero-order chi connectivity index (χ0) is 23.5. The highest BCUT2D eigenvalue weighted by atomic mass is 16.5. The molecule has 0 atom stereocenters. The molecule has 0 saturated carbocycles. The summed E-state index contributed by atoms with van der Waals surface area (Å²) in [5.41, 5.74) is 5.62. The molecule has 2 aromatic rings. The number of benzene rings is 2. The van der Waals surface area contributed by atoms with E-state index in [1.165, 1.54) is 17.3 Å². The molecule has 2 aromatic carbocycles. The molecule has 0 unspecified atom stereocenters. The summed E-state index contributed by atoms with van der Waals surface area (Å²) in [5.74, 6) is 0.724. The molecule has 2 rings (SSSR count). The molecule has 0 heterocycles. The largest absolute Gasteiger partial charge is 0.504 e. The first-order valence-corrected chi connectivity index (χ1v) is 11.0. The molecule has 0 spiro atoms. The summed E-state index contributed by atoms with van der Waals surface area (Å²) in [6.07, 6.45) is 1.41. The number of amides is 1. The van der Waals surface area contributed by atoms with Gasteiger partial charge in [0.25, 0.3) is 5.91 Å². The SMILES string of the molecule is CCOc1cccc(/C=N/NC(=O)CN(C)CCN(C)Cc2ccc(C(C)C)cc2)c1O. The van der Waals surface area contributed by atoms with Crippen molar-refractivity contribution in [2.75, 3.05) is 40.3 Å². The van der Waals surface area contributed by atoms with Gasteiger partial charge in [0.1, 0.15) is 0 Å². The Morgan fingerprint density at radius 2 is 1.81 bits per heavy atom. The maximum absolute atomic E-state index is 12.2. The van der Waals surface area contributed by atoms with Crippen LogP contribution in [0.2, 0.25) is 0 Å². The predicted octanol–water partition coefficient (Wildman–Crippen LogP) is 3.43. The first-order chi connectivity index (χ1) is 15.3. The van der Waals surface area contributed by atoms with Gasteiger partial charge in [0.05, 0.1) is 19.4 Å². The number of para-hydroxylation sites is 1. The van der Waals surface area contributed by atoms with Crippen LogP contribution in [0.25, 0.3) is 0 Å². The van der Waals surface area contributed by atoms with E-state index in [0.717, 1.165) is 19.6 Å². The van der Waals surface area contributed by atoms with Crippen LogP contribution >= 0.6 is 0 Å². The third kappa shape index (κ3) is 8.32. The maximum Gasteiger partial charge on any atom is 0.254 e. The molecular formula is C25H36N4O3. The van der Waals surface area contributed by atoms with Gasteiger partial charge in [-0.3, -0.25) is 9.69 Å². The number of phenols is 1. The van der Waals surface area contributed by atoms with E-state index in [9.17, 15) is 9.90 Å². The summed E-state index contributed by atoms with van der Waals surface area (Å²) >= 11 is 0. The highest BCUT2D eigenvalue weighted by molar-refractivity contribution is 5.86. The van der Waals surface area contributed by atoms with Gasteiger partial charge in [0.15, 0.2) is 11.5 Å². The van der Waals surface area contributed by atoms with Gasteiger partial charge in [-0.15, -0.1) is 0 Å². The Hall–Kier alpha value is -2.90. The number of hydrazone groups is 1. The fourth-order valence-corrected chi connectivity index (χ4v) is 3.19. The van der Waals surface area contributed by atoms with E-state index in [-0.39, 0.29) is 18.2 Å². The first-order valence-electron chi connectivity index (χ1n) is 11.0. The van der Waals surface area contributed by atoms with Crippen LogP contribution in [0.1, 0.15) is 43.4 Å². The minimum absolute atomic E-state index is 0.00588. The Labute approximate surface area is 191 Å². The van der Waals surface area contributed by atoms with Crippen LogP contribution in [0, 0.1) is 0 Å². The molecule has 174 valence electrons. The van der Waals surface area contributed by atoms with Gasteiger partial charge < -0.3 is 14.7 Å². The van der Waals surface area contributed by atoms with Crippen LogP contribution in [0.3, 0.4) is 0 Å². The maximum atomic E-state index is 12.2. The van der Waals surface area contributed by atoms with Crippen LogP contribution in [0.4, 0.5) is 0 Å². The van der Waals surface area contributed by atoms with Gasteiger partial charge in [-0.05, 0) is 50.2 Å². The van der Waals surface area contributed by atoms with Crippen molar-refractivity contribution in [3.05, 3.63) is 59.2 Å². The Bertz CT molecular complexity index is 881. The Morgan fingerprint density at radius 1 is 1.12 bits per heavy atom. The molecule has 7 heteroatoms. The van der Waals surface area contributed by atoms with E-state index < -0.39 is 0 Å². The van der Waals surface area contributed by atoms with Crippen molar-refractivity contribution in [2.45, 2.75) is 33.2 Å². The van der Waals surface area contributed by atoms with Crippen molar-refractivity contribution in [3.63, 3.8) is 0 Å². The van der Waals surface area contributed by atoms with Crippen LogP contribution in [0.15, 0.2) is 47.6 Å². The molecule has 0 aliphatic heterocycles. The number of ether oxygens (including phenoxy) is 1. The number of likely N-dealkylation sites (N-methyl/N-ethyl adjacent to an activating group) is 2. The average Bonchev–Trinajstić information content (AvgIpc) is 2.75. The quantitative estimate of drug-likeness (QED) is 0.391. The summed E-state index contributed by atoms with van der Waals surface area (Å²) in [6.45, 7) is 9.40. The van der Waals surface area contributed by atoms with E-state index in [1.807, 2.05) is 18.9 Å². The molecular weight excluding hydrogens is 404 g/mol. The van der Waals surface area contributed by atoms with Crippen molar-refractivity contribution in [2.24, 2.45) is 5.10 Å². The smallest absolute Gasteiger partial charge is 0.254 e. The standard InChI is InChI=1S/C25H36N4O3/c1-6-32-23-9-7-8-22(25(23)31)16-26-27-24(30)18-29(5)15-14-28(4)17-20-10-12-21(13-11-20)19(2)3/h7-13,16,19,31H,6,14-15,17-18H2,1-5H3,(H,27,30)/b26-16+. The molecule has 2 N–H and O–H groups in total. The van der Waals surface area contributed by atoms with Gasteiger partial charge in [-0.2, -0.15) is 5.10 Å². The van der Waals surface area contributed by atoms with Gasteiger partial charge in [0.2, 0.25) is 0 Å². The van der Waals surface area contributed by atoms with Crippen LogP contribution in [0.5, 0.6) is 11.5 Å². The molecule has 0 fully saturated rings. The summed E-state index contributed by atoms with van der Waals surface area (Å²) < 4.78 is 5.35. The lowest BCUT2D eigenvalue weighted by Crippen LogP contribution is -2.37. The third-order valence-electron chi connectivity index (χ3n) is 5.10. The topological polar surface area (TPSA) is 77.4 Å². The lowest BCUT2D eigenvalue weighted by atomic mass is 10.0. The van der Waals surface area contributed by atoms with E-state index in [4.69, 9.17) is 4.74 Å². The van der Waals surface area contributed by atoms with Gasteiger partial charge >= 0.3 is 0 Å². The second-order valence-corrected chi connectivity index (χ2v) is 8.29. The number of carbonyl (C=O) groups excluding carboxylic acids is 1. The molecule has 32 heavy (non-hydrogen) atoms.